The first kappa shape index (κ1) is 18.5. The Morgan fingerprint density at radius 1 is 1.08 bits per heavy atom. The van der Waals surface area contributed by atoms with Gasteiger partial charge in [0.05, 0.1) is 5.60 Å². The zero-order valence-electron chi connectivity index (χ0n) is 14.7. The molecule has 0 aliphatic carbocycles. The summed E-state index contributed by atoms with van der Waals surface area (Å²) in [7, 11) is 0. The molecule has 0 aromatic heterocycles. The van der Waals surface area contributed by atoms with Crippen molar-refractivity contribution in [2.75, 3.05) is 39.3 Å². The number of carbonyl (C=O) groups excluding carboxylic acids is 1. The zero-order valence-corrected chi connectivity index (χ0v) is 15.5. The molecule has 2 aliphatic heterocycles. The van der Waals surface area contributed by atoms with E-state index < -0.39 is 5.60 Å². The third kappa shape index (κ3) is 4.87. The average molecular weight is 366 g/mol. The Labute approximate surface area is 154 Å². The van der Waals surface area contributed by atoms with Crippen LogP contribution in [-0.4, -0.2) is 60.2 Å². The van der Waals surface area contributed by atoms with E-state index in [1.165, 1.54) is 19.3 Å². The monoisotopic (exact) mass is 365 g/mol. The number of rotatable bonds is 4. The van der Waals surface area contributed by atoms with Crippen LogP contribution >= 0.6 is 11.6 Å². The minimum Gasteiger partial charge on any atom is -0.385 e. The molecule has 0 saturated carbocycles. The van der Waals surface area contributed by atoms with Gasteiger partial charge >= 0.3 is 6.03 Å². The minimum absolute atomic E-state index is 0.0184. The number of urea groups is 1. The van der Waals surface area contributed by atoms with Crippen LogP contribution in [0.3, 0.4) is 0 Å². The Balaban J connectivity index is 1.43. The Bertz CT molecular complexity index is 565. The summed E-state index contributed by atoms with van der Waals surface area (Å²) in [6, 6.07) is 7.33. The summed E-state index contributed by atoms with van der Waals surface area (Å²) in [5, 5.41) is 14.6. The van der Waals surface area contributed by atoms with Gasteiger partial charge in [0.15, 0.2) is 0 Å². The smallest absolute Gasteiger partial charge is 0.317 e. The van der Waals surface area contributed by atoms with Crippen molar-refractivity contribution in [3.05, 3.63) is 34.9 Å². The predicted molar refractivity (Wildman–Crippen MR) is 99.8 cm³/mol. The lowest BCUT2D eigenvalue weighted by molar-refractivity contribution is -0.0168. The number of nitrogens with one attached hydrogen (secondary N) is 1. The van der Waals surface area contributed by atoms with Crippen molar-refractivity contribution in [1.29, 1.82) is 0 Å². The molecule has 0 bridgehead atoms. The fourth-order valence-corrected chi connectivity index (χ4v) is 3.87. The molecule has 1 aromatic rings. The van der Waals surface area contributed by atoms with E-state index >= 15 is 0 Å². The van der Waals surface area contributed by atoms with Crippen molar-refractivity contribution in [2.24, 2.45) is 0 Å². The van der Waals surface area contributed by atoms with Crippen molar-refractivity contribution in [2.45, 2.75) is 37.7 Å². The van der Waals surface area contributed by atoms with Gasteiger partial charge < -0.3 is 20.2 Å². The molecule has 0 atom stereocenters. The van der Waals surface area contributed by atoms with Crippen LogP contribution in [0.4, 0.5) is 4.79 Å². The van der Waals surface area contributed by atoms with Gasteiger partial charge in [0, 0.05) is 31.2 Å². The minimum atomic E-state index is -0.866. The lowest BCUT2D eigenvalue weighted by Crippen LogP contribution is -2.50. The van der Waals surface area contributed by atoms with Gasteiger partial charge in [-0.15, -0.1) is 0 Å². The molecule has 5 nitrogen and oxygen atoms in total. The third-order valence-electron chi connectivity index (χ3n) is 5.41. The molecule has 6 heteroatoms. The second-order valence-corrected chi connectivity index (χ2v) is 7.60. The van der Waals surface area contributed by atoms with Gasteiger partial charge in [-0.3, -0.25) is 0 Å². The number of likely N-dealkylation sites (tertiary alicyclic amines) is 2. The number of nitrogens with zero attached hydrogens (tertiary/aromatic N) is 2. The highest BCUT2D eigenvalue weighted by molar-refractivity contribution is 6.30. The molecule has 0 radical (unpaired) electrons. The summed E-state index contributed by atoms with van der Waals surface area (Å²) in [6.45, 7) is 5.04. The fourth-order valence-electron chi connectivity index (χ4n) is 3.74. The van der Waals surface area contributed by atoms with Crippen LogP contribution in [0.5, 0.6) is 0 Å². The largest absolute Gasteiger partial charge is 0.385 e. The molecule has 0 spiro atoms. The van der Waals surface area contributed by atoms with E-state index in [0.29, 0.717) is 37.5 Å². The molecule has 3 rings (SSSR count). The Morgan fingerprint density at radius 3 is 2.36 bits per heavy atom. The van der Waals surface area contributed by atoms with E-state index in [1.807, 2.05) is 12.1 Å². The lowest BCUT2D eigenvalue weighted by atomic mass is 9.84. The summed E-state index contributed by atoms with van der Waals surface area (Å²) in [6.07, 6.45) is 4.96. The molecule has 2 aliphatic rings. The number of amides is 2. The number of halogens is 1. The Kier molecular flexibility index (Phi) is 6.20. The van der Waals surface area contributed by atoms with Crippen LogP contribution in [0, 0.1) is 0 Å². The first-order valence-corrected chi connectivity index (χ1v) is 9.68. The third-order valence-corrected chi connectivity index (χ3v) is 5.66. The highest BCUT2D eigenvalue weighted by Crippen LogP contribution is 2.33. The van der Waals surface area contributed by atoms with Gasteiger partial charge in [-0.05, 0) is 56.5 Å². The SMILES string of the molecule is O=C(NCCN1CCCCC1)N1CCC(O)(c2ccc(Cl)cc2)CC1. The molecule has 138 valence electrons. The molecule has 0 unspecified atom stereocenters. The van der Waals surface area contributed by atoms with Crippen LogP contribution < -0.4 is 5.32 Å². The first-order chi connectivity index (χ1) is 12.1. The predicted octanol–water partition coefficient (Wildman–Crippen LogP) is 2.82. The fraction of sp³-hybridized carbons (Fsp3) is 0.632. The van der Waals surface area contributed by atoms with E-state index in [2.05, 4.69) is 10.2 Å². The summed E-state index contributed by atoms with van der Waals surface area (Å²) in [5.74, 6) is 0. The van der Waals surface area contributed by atoms with Crippen molar-refractivity contribution < 1.29 is 9.90 Å². The van der Waals surface area contributed by atoms with Crippen molar-refractivity contribution >= 4 is 17.6 Å². The topological polar surface area (TPSA) is 55.8 Å². The second-order valence-electron chi connectivity index (χ2n) is 7.16. The maximum absolute atomic E-state index is 12.3. The molecular formula is C19H28ClN3O2. The number of aliphatic hydroxyl groups is 1. The number of hydrogen-bond acceptors (Lipinski definition) is 3. The van der Waals surface area contributed by atoms with Crippen LogP contribution in [0.25, 0.3) is 0 Å². The van der Waals surface area contributed by atoms with E-state index in [9.17, 15) is 9.90 Å². The number of benzene rings is 1. The van der Waals surface area contributed by atoms with E-state index in [0.717, 1.165) is 25.2 Å². The standard InChI is InChI=1S/C19H28ClN3O2/c20-17-6-4-16(5-7-17)19(25)8-13-23(14-9-19)18(24)21-10-15-22-11-2-1-3-12-22/h4-7,25H,1-3,8-15H2,(H,21,24). The van der Waals surface area contributed by atoms with Crippen LogP contribution in [0.15, 0.2) is 24.3 Å². The molecular weight excluding hydrogens is 338 g/mol. The van der Waals surface area contributed by atoms with Crippen LogP contribution in [0.1, 0.15) is 37.7 Å². The maximum Gasteiger partial charge on any atom is 0.317 e. The van der Waals surface area contributed by atoms with Gasteiger partial charge in [0.25, 0.3) is 0 Å². The Hall–Kier alpha value is -1.30. The average Bonchev–Trinajstić information content (AvgIpc) is 2.63. The number of carbonyl (C=O) groups is 1. The molecule has 1 aromatic carbocycles. The number of piperidine rings is 2. The normalized spacial score (nSPS) is 21.1. The molecule has 2 amide bonds. The highest BCUT2D eigenvalue weighted by Gasteiger charge is 2.35. The van der Waals surface area contributed by atoms with E-state index in [4.69, 9.17) is 11.6 Å². The van der Waals surface area contributed by atoms with Gasteiger partial charge in [0.1, 0.15) is 0 Å². The summed E-state index contributed by atoms with van der Waals surface area (Å²) in [5.41, 5.74) is 0.0110. The van der Waals surface area contributed by atoms with Gasteiger partial charge in [-0.2, -0.15) is 0 Å². The van der Waals surface area contributed by atoms with Crippen molar-refractivity contribution in [1.82, 2.24) is 15.1 Å². The molecule has 2 heterocycles. The quantitative estimate of drug-likeness (QED) is 0.862. The molecule has 2 saturated heterocycles. The van der Waals surface area contributed by atoms with E-state index in [-0.39, 0.29) is 6.03 Å². The maximum atomic E-state index is 12.3. The number of hydrogen-bond donors (Lipinski definition) is 2. The molecule has 25 heavy (non-hydrogen) atoms. The summed E-state index contributed by atoms with van der Waals surface area (Å²) in [4.78, 5) is 16.6. The van der Waals surface area contributed by atoms with Gasteiger partial charge in [0.2, 0.25) is 0 Å². The van der Waals surface area contributed by atoms with Crippen LogP contribution in [-0.2, 0) is 5.60 Å². The van der Waals surface area contributed by atoms with Crippen molar-refractivity contribution in [3.8, 4) is 0 Å². The summed E-state index contributed by atoms with van der Waals surface area (Å²) >= 11 is 5.92. The second kappa shape index (κ2) is 8.39. The van der Waals surface area contributed by atoms with Crippen molar-refractivity contribution in [3.63, 3.8) is 0 Å². The van der Waals surface area contributed by atoms with Gasteiger partial charge in [-0.25, -0.2) is 4.79 Å². The summed E-state index contributed by atoms with van der Waals surface area (Å²) < 4.78 is 0. The Morgan fingerprint density at radius 2 is 1.72 bits per heavy atom. The van der Waals surface area contributed by atoms with Crippen LogP contribution in [0.2, 0.25) is 5.02 Å². The highest BCUT2D eigenvalue weighted by atomic mass is 35.5. The van der Waals surface area contributed by atoms with E-state index in [1.54, 1.807) is 17.0 Å². The first-order valence-electron chi connectivity index (χ1n) is 9.30. The van der Waals surface area contributed by atoms with Gasteiger partial charge in [-0.1, -0.05) is 30.2 Å². The lowest BCUT2D eigenvalue weighted by Gasteiger charge is -2.38. The molecule has 2 N–H and O–H groups in total. The zero-order chi connectivity index (χ0) is 17.7. The molecule has 2 fully saturated rings.